The van der Waals surface area contributed by atoms with Crippen LogP contribution in [-0.4, -0.2) is 32.4 Å². The molecule has 1 rings (SSSR count). The number of carboxylic acids is 2. The van der Waals surface area contributed by atoms with Crippen LogP contribution in [0.5, 0.6) is 11.5 Å². The predicted octanol–water partition coefficient (Wildman–Crippen LogP) is 5.18. The van der Waals surface area contributed by atoms with Gasteiger partial charge < -0.3 is 20.4 Å². The molecule has 6 heteroatoms. The highest BCUT2D eigenvalue weighted by Gasteiger charge is 1.94. The quantitative estimate of drug-likeness (QED) is 0.422. The van der Waals surface area contributed by atoms with Crippen LogP contribution in [0.4, 0.5) is 0 Å². The van der Waals surface area contributed by atoms with E-state index >= 15 is 0 Å². The number of hydrogen-bond donors (Lipinski definition) is 4. The molecule has 150 valence electrons. The molecule has 26 heavy (non-hydrogen) atoms. The SMILES string of the molecule is CCCCCCC(=O)O.CCCCCCC(=O)O.Oc1cccc(O)c1. The van der Waals surface area contributed by atoms with Crippen LogP contribution in [0.15, 0.2) is 24.3 Å². The van der Waals surface area contributed by atoms with Gasteiger partial charge in [-0.25, -0.2) is 0 Å². The Balaban J connectivity index is 0. The first-order valence-corrected chi connectivity index (χ1v) is 9.25. The molecule has 0 aliphatic carbocycles. The van der Waals surface area contributed by atoms with Crippen molar-refractivity contribution in [2.75, 3.05) is 0 Å². The Morgan fingerprint density at radius 1 is 0.731 bits per heavy atom. The van der Waals surface area contributed by atoms with Gasteiger partial charge in [-0.3, -0.25) is 9.59 Å². The molecule has 0 amide bonds. The molecule has 0 aliphatic rings. The summed E-state index contributed by atoms with van der Waals surface area (Å²) in [6.45, 7) is 4.22. The zero-order valence-electron chi connectivity index (χ0n) is 16.0. The molecule has 1 aromatic rings. The summed E-state index contributed by atoms with van der Waals surface area (Å²) < 4.78 is 0. The maximum absolute atomic E-state index is 9.96. The van der Waals surface area contributed by atoms with Crippen LogP contribution >= 0.6 is 0 Å². The van der Waals surface area contributed by atoms with Crippen LogP contribution in [0.3, 0.4) is 0 Å². The second-order valence-corrected chi connectivity index (χ2v) is 5.93. The van der Waals surface area contributed by atoms with E-state index in [0.717, 1.165) is 38.5 Å². The Bertz CT molecular complexity index is 434. The normalized spacial score (nSPS) is 9.31. The molecule has 0 radical (unpaired) electrons. The maximum atomic E-state index is 9.96. The Morgan fingerprint density at radius 2 is 1.12 bits per heavy atom. The molecule has 0 saturated heterocycles. The van der Waals surface area contributed by atoms with Crippen molar-refractivity contribution in [3.8, 4) is 11.5 Å². The Labute approximate surface area is 156 Å². The van der Waals surface area contributed by atoms with Gasteiger partial charge in [0.1, 0.15) is 11.5 Å². The van der Waals surface area contributed by atoms with Crippen molar-refractivity contribution in [3.63, 3.8) is 0 Å². The summed E-state index contributed by atoms with van der Waals surface area (Å²) in [6.07, 6.45) is 9.11. The molecule has 4 N–H and O–H groups in total. The molecule has 0 atom stereocenters. The fourth-order valence-corrected chi connectivity index (χ4v) is 1.90. The fraction of sp³-hybridized carbons (Fsp3) is 0.600. The molecule has 0 bridgehead atoms. The number of carboxylic acid groups (broad SMARTS) is 2. The first-order chi connectivity index (χ1) is 12.3. The molecular weight excluding hydrogens is 336 g/mol. The number of aliphatic carboxylic acids is 2. The van der Waals surface area contributed by atoms with Gasteiger partial charge in [0.05, 0.1) is 0 Å². The highest BCUT2D eigenvalue weighted by Crippen LogP contribution is 2.14. The number of carbonyl (C=O) groups is 2. The number of phenolic OH excluding ortho intramolecular Hbond substituents is 2. The van der Waals surface area contributed by atoms with E-state index in [1.807, 2.05) is 0 Å². The average Bonchev–Trinajstić information content (AvgIpc) is 2.56. The highest BCUT2D eigenvalue weighted by atomic mass is 16.4. The summed E-state index contributed by atoms with van der Waals surface area (Å²) >= 11 is 0. The summed E-state index contributed by atoms with van der Waals surface area (Å²) in [5, 5.41) is 33.7. The first-order valence-electron chi connectivity index (χ1n) is 9.25. The van der Waals surface area contributed by atoms with Crippen molar-refractivity contribution in [1.29, 1.82) is 0 Å². The van der Waals surface area contributed by atoms with Gasteiger partial charge in [0.2, 0.25) is 0 Å². The number of rotatable bonds is 10. The smallest absolute Gasteiger partial charge is 0.303 e. The van der Waals surface area contributed by atoms with Crippen molar-refractivity contribution in [3.05, 3.63) is 24.3 Å². The highest BCUT2D eigenvalue weighted by molar-refractivity contribution is 5.66. The molecule has 0 saturated carbocycles. The van der Waals surface area contributed by atoms with E-state index in [0.29, 0.717) is 12.8 Å². The second-order valence-electron chi connectivity index (χ2n) is 5.93. The van der Waals surface area contributed by atoms with Gasteiger partial charge in [0, 0.05) is 18.9 Å². The fourth-order valence-electron chi connectivity index (χ4n) is 1.90. The lowest BCUT2D eigenvalue weighted by atomic mass is 10.2. The molecule has 0 unspecified atom stereocenters. The van der Waals surface area contributed by atoms with Gasteiger partial charge in [-0.15, -0.1) is 0 Å². The Kier molecular flexibility index (Phi) is 19.1. The van der Waals surface area contributed by atoms with Gasteiger partial charge in [0.25, 0.3) is 0 Å². The van der Waals surface area contributed by atoms with Crippen molar-refractivity contribution >= 4 is 11.9 Å². The molecule has 6 nitrogen and oxygen atoms in total. The monoisotopic (exact) mass is 370 g/mol. The summed E-state index contributed by atoms with van der Waals surface area (Å²) in [6, 6.07) is 5.85. The Morgan fingerprint density at radius 3 is 1.35 bits per heavy atom. The van der Waals surface area contributed by atoms with E-state index in [4.69, 9.17) is 20.4 Å². The van der Waals surface area contributed by atoms with Crippen molar-refractivity contribution in [2.45, 2.75) is 78.1 Å². The van der Waals surface area contributed by atoms with E-state index in [-0.39, 0.29) is 11.5 Å². The van der Waals surface area contributed by atoms with E-state index in [1.165, 1.54) is 31.0 Å². The van der Waals surface area contributed by atoms with Crippen LogP contribution in [-0.2, 0) is 9.59 Å². The molecule has 0 aliphatic heterocycles. The minimum absolute atomic E-state index is 0.0880. The number of unbranched alkanes of at least 4 members (excludes halogenated alkanes) is 6. The standard InChI is InChI=1S/2C7H14O2.C6H6O2/c2*1-2-3-4-5-6-7(8)9;7-5-2-1-3-6(8)4-5/h2*2-6H2,1H3,(H,8,9);1-4,7-8H. The third kappa shape index (κ3) is 24.0. The van der Waals surface area contributed by atoms with Crippen molar-refractivity contribution in [2.24, 2.45) is 0 Å². The number of hydrogen-bond acceptors (Lipinski definition) is 4. The lowest BCUT2D eigenvalue weighted by molar-refractivity contribution is -0.138. The third-order valence-electron chi connectivity index (χ3n) is 3.32. The Hall–Kier alpha value is -2.24. The second kappa shape index (κ2) is 19.1. The average molecular weight is 370 g/mol. The predicted molar refractivity (Wildman–Crippen MR) is 103 cm³/mol. The van der Waals surface area contributed by atoms with Crippen LogP contribution in [0.2, 0.25) is 0 Å². The van der Waals surface area contributed by atoms with Crippen LogP contribution in [0.25, 0.3) is 0 Å². The number of phenols is 2. The molecule has 0 fully saturated rings. The lowest BCUT2D eigenvalue weighted by Gasteiger charge is -1.92. The van der Waals surface area contributed by atoms with Gasteiger partial charge in [-0.1, -0.05) is 58.4 Å². The van der Waals surface area contributed by atoms with E-state index in [2.05, 4.69) is 13.8 Å². The molecule has 0 heterocycles. The zero-order valence-corrected chi connectivity index (χ0v) is 16.0. The lowest BCUT2D eigenvalue weighted by Crippen LogP contribution is -1.92. The van der Waals surface area contributed by atoms with Crippen LogP contribution < -0.4 is 0 Å². The molecular formula is C20H34O6. The zero-order chi connectivity index (χ0) is 20.2. The maximum Gasteiger partial charge on any atom is 0.303 e. The van der Waals surface area contributed by atoms with Crippen LogP contribution in [0, 0.1) is 0 Å². The molecule has 0 aromatic heterocycles. The summed E-state index contributed by atoms with van der Waals surface area (Å²) in [5.41, 5.74) is 0. The van der Waals surface area contributed by atoms with Crippen LogP contribution in [0.1, 0.15) is 78.1 Å². The van der Waals surface area contributed by atoms with Crippen molar-refractivity contribution < 1.29 is 30.0 Å². The van der Waals surface area contributed by atoms with Gasteiger partial charge in [-0.2, -0.15) is 0 Å². The number of benzene rings is 1. The summed E-state index contributed by atoms with van der Waals surface area (Å²) in [7, 11) is 0. The molecule has 0 spiro atoms. The van der Waals surface area contributed by atoms with E-state index < -0.39 is 11.9 Å². The summed E-state index contributed by atoms with van der Waals surface area (Å²) in [4.78, 5) is 19.9. The van der Waals surface area contributed by atoms with E-state index in [9.17, 15) is 9.59 Å². The largest absolute Gasteiger partial charge is 0.508 e. The minimum Gasteiger partial charge on any atom is -0.508 e. The van der Waals surface area contributed by atoms with Gasteiger partial charge >= 0.3 is 11.9 Å². The minimum atomic E-state index is -0.675. The van der Waals surface area contributed by atoms with Crippen molar-refractivity contribution in [1.82, 2.24) is 0 Å². The molecule has 1 aromatic carbocycles. The first kappa shape index (κ1) is 26.0. The van der Waals surface area contributed by atoms with E-state index in [1.54, 1.807) is 6.07 Å². The third-order valence-corrected chi connectivity index (χ3v) is 3.32. The number of aromatic hydroxyl groups is 2. The van der Waals surface area contributed by atoms with Gasteiger partial charge in [0.15, 0.2) is 0 Å². The summed E-state index contributed by atoms with van der Waals surface area (Å²) in [5.74, 6) is -1.17. The topological polar surface area (TPSA) is 115 Å². The van der Waals surface area contributed by atoms with Gasteiger partial charge in [-0.05, 0) is 25.0 Å².